The topological polar surface area (TPSA) is 64.8 Å². The first-order valence-electron chi connectivity index (χ1n) is 9.30. The van der Waals surface area contributed by atoms with Gasteiger partial charge in [-0.1, -0.05) is 26.0 Å². The summed E-state index contributed by atoms with van der Waals surface area (Å²) in [7, 11) is 1.99. The van der Waals surface area contributed by atoms with Crippen LogP contribution in [-0.2, 0) is 13.5 Å². The maximum absolute atomic E-state index is 12.6. The Balaban J connectivity index is 1.71. The third-order valence-corrected chi connectivity index (χ3v) is 4.72. The summed E-state index contributed by atoms with van der Waals surface area (Å²) in [4.78, 5) is 33.5. The van der Waals surface area contributed by atoms with E-state index in [4.69, 9.17) is 0 Å². The Morgan fingerprint density at radius 1 is 1.04 bits per heavy atom. The molecule has 0 saturated heterocycles. The average molecular weight is 363 g/mol. The molecule has 27 heavy (non-hydrogen) atoms. The number of nitrogens with zero attached hydrogens (tertiary/aromatic N) is 3. The Bertz CT molecular complexity index is 1000. The summed E-state index contributed by atoms with van der Waals surface area (Å²) in [6, 6.07) is 11.2. The molecule has 0 radical (unpaired) electrons. The van der Waals surface area contributed by atoms with Crippen molar-refractivity contribution in [2.24, 2.45) is 13.0 Å². The van der Waals surface area contributed by atoms with Crippen LogP contribution < -0.4 is 0 Å². The zero-order chi connectivity index (χ0) is 19.6. The molecule has 0 aliphatic carbocycles. The Kier molecular flexibility index (Phi) is 5.49. The van der Waals surface area contributed by atoms with Crippen molar-refractivity contribution in [3.63, 3.8) is 0 Å². The second-order valence-corrected chi connectivity index (χ2v) is 7.39. The predicted octanol–water partition coefficient (Wildman–Crippen LogP) is 4.32. The molecule has 0 aliphatic heterocycles. The minimum Gasteiger partial charge on any atom is -0.331 e. The molecular formula is C22H25N3O2. The Morgan fingerprint density at radius 2 is 1.74 bits per heavy atom. The van der Waals surface area contributed by atoms with Crippen molar-refractivity contribution in [2.75, 3.05) is 0 Å². The average Bonchev–Trinajstić information content (AvgIpc) is 2.93. The van der Waals surface area contributed by atoms with E-state index in [-0.39, 0.29) is 17.5 Å². The summed E-state index contributed by atoms with van der Waals surface area (Å²) < 4.78 is 2.05. The van der Waals surface area contributed by atoms with Crippen molar-refractivity contribution in [3.05, 3.63) is 59.2 Å². The Hall–Kier alpha value is -2.82. The summed E-state index contributed by atoms with van der Waals surface area (Å²) in [6.45, 7) is 5.96. The molecule has 0 N–H and O–H groups in total. The SMILES string of the molecule is Cc1nc2ccc(CCC(=O)c3cccc(C(=O)CC(C)C)n3)cc2n1C. The van der Waals surface area contributed by atoms with Gasteiger partial charge in [0.2, 0.25) is 0 Å². The molecule has 5 nitrogen and oxygen atoms in total. The fourth-order valence-electron chi connectivity index (χ4n) is 3.12. The number of ketones is 2. The number of Topliss-reactive ketones (excluding diaryl/α,β-unsaturated/α-hetero) is 2. The number of imidazole rings is 1. The van der Waals surface area contributed by atoms with Gasteiger partial charge in [0.1, 0.15) is 17.2 Å². The molecule has 2 heterocycles. The molecule has 3 aromatic rings. The molecule has 0 unspecified atom stereocenters. The van der Waals surface area contributed by atoms with E-state index in [1.807, 2.05) is 44.5 Å². The Morgan fingerprint density at radius 3 is 2.44 bits per heavy atom. The van der Waals surface area contributed by atoms with Gasteiger partial charge in [-0.15, -0.1) is 0 Å². The number of fused-ring (bicyclic) bond motifs is 1. The highest BCUT2D eigenvalue weighted by Gasteiger charge is 2.14. The van der Waals surface area contributed by atoms with Crippen LogP contribution in [0.2, 0.25) is 0 Å². The molecule has 1 aromatic carbocycles. The van der Waals surface area contributed by atoms with Gasteiger partial charge in [-0.25, -0.2) is 9.97 Å². The highest BCUT2D eigenvalue weighted by atomic mass is 16.1. The molecule has 0 bridgehead atoms. The molecule has 0 atom stereocenters. The van der Waals surface area contributed by atoms with E-state index >= 15 is 0 Å². The van der Waals surface area contributed by atoms with Crippen LogP contribution in [0.1, 0.15) is 59.1 Å². The van der Waals surface area contributed by atoms with E-state index in [1.54, 1.807) is 18.2 Å². The zero-order valence-electron chi connectivity index (χ0n) is 16.3. The van der Waals surface area contributed by atoms with Crippen LogP contribution >= 0.6 is 0 Å². The number of carbonyl (C=O) groups is 2. The fourth-order valence-corrected chi connectivity index (χ4v) is 3.12. The van der Waals surface area contributed by atoms with E-state index in [0.29, 0.717) is 30.7 Å². The quantitative estimate of drug-likeness (QED) is 0.586. The molecule has 140 valence electrons. The summed E-state index contributed by atoms with van der Waals surface area (Å²) in [5, 5.41) is 0. The lowest BCUT2D eigenvalue weighted by atomic mass is 10.0. The third kappa shape index (κ3) is 4.30. The molecule has 3 rings (SSSR count). The number of carbonyl (C=O) groups excluding carboxylic acids is 2. The summed E-state index contributed by atoms with van der Waals surface area (Å²) >= 11 is 0. The van der Waals surface area contributed by atoms with Crippen LogP contribution in [0.3, 0.4) is 0 Å². The molecular weight excluding hydrogens is 338 g/mol. The molecule has 0 fully saturated rings. The lowest BCUT2D eigenvalue weighted by Crippen LogP contribution is -2.10. The van der Waals surface area contributed by atoms with Gasteiger partial charge in [0.15, 0.2) is 11.6 Å². The lowest BCUT2D eigenvalue weighted by Gasteiger charge is -2.06. The summed E-state index contributed by atoms with van der Waals surface area (Å²) in [5.41, 5.74) is 3.86. The second kappa shape index (κ2) is 7.82. The third-order valence-electron chi connectivity index (χ3n) is 4.72. The number of benzene rings is 1. The maximum Gasteiger partial charge on any atom is 0.181 e. The first kappa shape index (κ1) is 19.0. The number of hydrogen-bond acceptors (Lipinski definition) is 4. The smallest absolute Gasteiger partial charge is 0.181 e. The number of aryl methyl sites for hydroxylation is 3. The normalized spacial score (nSPS) is 11.3. The Labute approximate surface area is 159 Å². The number of aromatic nitrogens is 3. The van der Waals surface area contributed by atoms with Gasteiger partial charge in [-0.2, -0.15) is 0 Å². The minimum absolute atomic E-state index is 0.0170. The van der Waals surface area contributed by atoms with Crippen molar-refractivity contribution in [1.29, 1.82) is 0 Å². The number of pyridine rings is 1. The van der Waals surface area contributed by atoms with Crippen LogP contribution in [0, 0.1) is 12.8 Å². The van der Waals surface area contributed by atoms with Crippen LogP contribution in [0.25, 0.3) is 11.0 Å². The highest BCUT2D eigenvalue weighted by Crippen LogP contribution is 2.18. The van der Waals surface area contributed by atoms with Gasteiger partial charge in [-0.05, 0) is 49.1 Å². The molecule has 0 spiro atoms. The second-order valence-electron chi connectivity index (χ2n) is 7.39. The largest absolute Gasteiger partial charge is 0.331 e. The summed E-state index contributed by atoms with van der Waals surface area (Å²) in [5.74, 6) is 1.17. The molecule has 5 heteroatoms. The monoisotopic (exact) mass is 363 g/mol. The van der Waals surface area contributed by atoms with Crippen molar-refractivity contribution in [2.45, 2.75) is 40.0 Å². The van der Waals surface area contributed by atoms with Crippen LogP contribution in [0.5, 0.6) is 0 Å². The van der Waals surface area contributed by atoms with Crippen molar-refractivity contribution in [1.82, 2.24) is 14.5 Å². The number of hydrogen-bond donors (Lipinski definition) is 0. The van der Waals surface area contributed by atoms with Gasteiger partial charge in [0.25, 0.3) is 0 Å². The standard InChI is InChI=1S/C22H25N3O2/c1-14(2)12-22(27)19-7-5-6-18(24-19)21(26)11-9-16-8-10-17-20(13-16)25(4)15(3)23-17/h5-8,10,13-14H,9,11-12H2,1-4H3. The van der Waals surface area contributed by atoms with Gasteiger partial charge in [0.05, 0.1) is 11.0 Å². The van der Waals surface area contributed by atoms with Crippen molar-refractivity contribution in [3.8, 4) is 0 Å². The lowest BCUT2D eigenvalue weighted by molar-refractivity contribution is 0.0962. The molecule has 0 saturated carbocycles. The van der Waals surface area contributed by atoms with Gasteiger partial charge < -0.3 is 4.57 Å². The zero-order valence-corrected chi connectivity index (χ0v) is 16.3. The van der Waals surface area contributed by atoms with E-state index in [9.17, 15) is 9.59 Å². The number of rotatable bonds is 7. The van der Waals surface area contributed by atoms with E-state index in [0.717, 1.165) is 22.4 Å². The minimum atomic E-state index is -0.0459. The van der Waals surface area contributed by atoms with Gasteiger partial charge >= 0.3 is 0 Å². The first-order valence-corrected chi connectivity index (χ1v) is 9.30. The van der Waals surface area contributed by atoms with Gasteiger partial charge in [0, 0.05) is 19.9 Å². The predicted molar refractivity (Wildman–Crippen MR) is 106 cm³/mol. The fraction of sp³-hybridized carbons (Fsp3) is 0.364. The van der Waals surface area contributed by atoms with Crippen LogP contribution in [0.15, 0.2) is 36.4 Å². The maximum atomic E-state index is 12.6. The summed E-state index contributed by atoms with van der Waals surface area (Å²) in [6.07, 6.45) is 1.43. The van der Waals surface area contributed by atoms with Crippen molar-refractivity contribution >= 4 is 22.6 Å². The van der Waals surface area contributed by atoms with E-state index < -0.39 is 0 Å². The van der Waals surface area contributed by atoms with E-state index in [1.165, 1.54) is 0 Å². The molecule has 2 aromatic heterocycles. The van der Waals surface area contributed by atoms with Crippen molar-refractivity contribution < 1.29 is 9.59 Å². The molecule has 0 aliphatic rings. The first-order chi connectivity index (χ1) is 12.8. The molecule has 0 amide bonds. The highest BCUT2D eigenvalue weighted by molar-refractivity contribution is 5.98. The van der Waals surface area contributed by atoms with E-state index in [2.05, 4.69) is 16.0 Å². The van der Waals surface area contributed by atoms with Crippen LogP contribution in [-0.4, -0.2) is 26.1 Å². The van der Waals surface area contributed by atoms with Gasteiger partial charge in [-0.3, -0.25) is 9.59 Å². The van der Waals surface area contributed by atoms with Crippen LogP contribution in [0.4, 0.5) is 0 Å².